The van der Waals surface area contributed by atoms with Crippen LogP contribution in [0.4, 0.5) is 0 Å². The van der Waals surface area contributed by atoms with E-state index in [9.17, 15) is 4.79 Å². The summed E-state index contributed by atoms with van der Waals surface area (Å²) in [7, 11) is 0. The van der Waals surface area contributed by atoms with Gasteiger partial charge in [-0.25, -0.2) is 0 Å². The van der Waals surface area contributed by atoms with Gasteiger partial charge in [0.25, 0.3) is 0 Å². The summed E-state index contributed by atoms with van der Waals surface area (Å²) in [5.41, 5.74) is 2.39. The summed E-state index contributed by atoms with van der Waals surface area (Å²) in [5, 5.41) is 4.06. The van der Waals surface area contributed by atoms with Crippen molar-refractivity contribution in [3.8, 4) is 0 Å². The van der Waals surface area contributed by atoms with Crippen LogP contribution in [-0.2, 0) is 6.42 Å². The summed E-state index contributed by atoms with van der Waals surface area (Å²) in [5.74, 6) is 0.792. The normalized spacial score (nSPS) is 16.1. The number of aldehydes is 1. The molecule has 2 aromatic rings. The van der Waals surface area contributed by atoms with Gasteiger partial charge in [-0.15, -0.1) is 11.3 Å². The highest BCUT2D eigenvalue weighted by molar-refractivity contribution is 7.19. The van der Waals surface area contributed by atoms with E-state index in [0.29, 0.717) is 11.1 Å². The fraction of sp³-hybridized carbons (Fsp3) is 0.455. The lowest BCUT2D eigenvalue weighted by molar-refractivity contribution is 0.112. The quantitative estimate of drug-likeness (QED) is 0.748. The molecule has 78 valence electrons. The van der Waals surface area contributed by atoms with Gasteiger partial charge in [-0.2, -0.15) is 0 Å². The second-order valence-electron chi connectivity index (χ2n) is 4.12. The first-order chi connectivity index (χ1) is 7.29. The molecular formula is C11H11NO2S. The molecule has 0 aliphatic heterocycles. The SMILES string of the molecule is Cc1sc2c(CC3CC3)noc2c1C=O. The van der Waals surface area contributed by atoms with E-state index < -0.39 is 0 Å². The van der Waals surface area contributed by atoms with E-state index in [1.165, 1.54) is 12.8 Å². The molecule has 3 nitrogen and oxygen atoms in total. The van der Waals surface area contributed by atoms with Crippen LogP contribution in [0.3, 0.4) is 0 Å². The maximum atomic E-state index is 10.9. The number of carbonyl (C=O) groups is 1. The molecule has 4 heteroatoms. The van der Waals surface area contributed by atoms with E-state index in [2.05, 4.69) is 5.16 Å². The lowest BCUT2D eigenvalue weighted by Gasteiger charge is -1.88. The number of aromatic nitrogens is 1. The van der Waals surface area contributed by atoms with E-state index in [1.807, 2.05) is 6.92 Å². The van der Waals surface area contributed by atoms with Crippen LogP contribution in [0.1, 0.15) is 33.8 Å². The van der Waals surface area contributed by atoms with Crippen LogP contribution >= 0.6 is 11.3 Å². The van der Waals surface area contributed by atoms with Crippen molar-refractivity contribution in [1.29, 1.82) is 0 Å². The summed E-state index contributed by atoms with van der Waals surface area (Å²) in [6, 6.07) is 0. The molecule has 1 saturated carbocycles. The molecule has 0 radical (unpaired) electrons. The van der Waals surface area contributed by atoms with Crippen LogP contribution in [0.15, 0.2) is 4.52 Å². The zero-order valence-electron chi connectivity index (χ0n) is 8.45. The van der Waals surface area contributed by atoms with Crippen molar-refractivity contribution in [3.63, 3.8) is 0 Å². The molecule has 0 spiro atoms. The standard InChI is InChI=1S/C11H11NO2S/c1-6-8(5-13)10-11(15-6)9(12-14-10)4-7-2-3-7/h5,7H,2-4H2,1H3. The molecule has 2 heterocycles. The highest BCUT2D eigenvalue weighted by Gasteiger charge is 2.26. The van der Waals surface area contributed by atoms with Crippen molar-refractivity contribution in [3.05, 3.63) is 16.1 Å². The molecule has 0 aromatic carbocycles. The predicted octanol–water partition coefficient (Wildman–Crippen LogP) is 2.96. The number of nitrogens with zero attached hydrogens (tertiary/aromatic N) is 1. The Balaban J connectivity index is 2.11. The average Bonchev–Trinajstić information content (AvgIpc) is 2.87. The fourth-order valence-electron chi connectivity index (χ4n) is 1.82. The van der Waals surface area contributed by atoms with E-state index in [1.54, 1.807) is 11.3 Å². The summed E-state index contributed by atoms with van der Waals surface area (Å²) in [6.07, 6.45) is 4.48. The zero-order valence-corrected chi connectivity index (χ0v) is 9.26. The first kappa shape index (κ1) is 9.09. The first-order valence-electron chi connectivity index (χ1n) is 5.12. The third kappa shape index (κ3) is 1.40. The van der Waals surface area contributed by atoms with Crippen molar-refractivity contribution in [2.24, 2.45) is 5.92 Å². The Kier molecular flexibility index (Phi) is 1.92. The van der Waals surface area contributed by atoms with Crippen molar-refractivity contribution in [2.45, 2.75) is 26.2 Å². The van der Waals surface area contributed by atoms with Gasteiger partial charge in [-0.1, -0.05) is 5.16 Å². The van der Waals surface area contributed by atoms with Crippen LogP contribution < -0.4 is 0 Å². The molecule has 0 saturated heterocycles. The summed E-state index contributed by atoms with van der Waals surface area (Å²) in [4.78, 5) is 11.9. The van der Waals surface area contributed by atoms with Gasteiger partial charge in [0.15, 0.2) is 11.9 Å². The molecule has 0 amide bonds. The molecule has 3 rings (SSSR count). The van der Waals surface area contributed by atoms with E-state index in [0.717, 1.165) is 33.9 Å². The Morgan fingerprint density at radius 1 is 1.60 bits per heavy atom. The molecule has 1 aliphatic rings. The summed E-state index contributed by atoms with van der Waals surface area (Å²) < 4.78 is 6.32. The molecule has 0 N–H and O–H groups in total. The second-order valence-corrected chi connectivity index (χ2v) is 5.35. The number of aryl methyl sites for hydroxylation is 1. The van der Waals surface area contributed by atoms with Crippen LogP contribution in [0.5, 0.6) is 0 Å². The maximum Gasteiger partial charge on any atom is 0.188 e. The number of hydrogen-bond donors (Lipinski definition) is 0. The molecular weight excluding hydrogens is 210 g/mol. The second kappa shape index (κ2) is 3.17. The third-order valence-electron chi connectivity index (χ3n) is 2.89. The Labute approximate surface area is 91.1 Å². The van der Waals surface area contributed by atoms with Crippen molar-refractivity contribution >= 4 is 27.9 Å². The van der Waals surface area contributed by atoms with Gasteiger partial charge in [-0.3, -0.25) is 4.79 Å². The van der Waals surface area contributed by atoms with Gasteiger partial charge < -0.3 is 4.52 Å². The van der Waals surface area contributed by atoms with Crippen LogP contribution in [0.25, 0.3) is 10.3 Å². The lowest BCUT2D eigenvalue weighted by Crippen LogP contribution is -1.85. The highest BCUT2D eigenvalue weighted by Crippen LogP contribution is 2.38. The zero-order chi connectivity index (χ0) is 10.4. The Morgan fingerprint density at radius 3 is 3.07 bits per heavy atom. The van der Waals surface area contributed by atoms with Crippen molar-refractivity contribution < 1.29 is 9.32 Å². The molecule has 15 heavy (non-hydrogen) atoms. The van der Waals surface area contributed by atoms with Gasteiger partial charge >= 0.3 is 0 Å². The fourth-order valence-corrected chi connectivity index (χ4v) is 2.86. The number of hydrogen-bond acceptors (Lipinski definition) is 4. The molecule has 1 aliphatic carbocycles. The topological polar surface area (TPSA) is 43.1 Å². The van der Waals surface area contributed by atoms with Gasteiger partial charge in [0, 0.05) is 4.88 Å². The number of carbonyl (C=O) groups excluding carboxylic acids is 1. The predicted molar refractivity (Wildman–Crippen MR) is 58.4 cm³/mol. The minimum atomic E-state index is 0.671. The summed E-state index contributed by atoms with van der Waals surface area (Å²) >= 11 is 1.62. The minimum absolute atomic E-state index is 0.671. The van der Waals surface area contributed by atoms with E-state index in [4.69, 9.17) is 4.52 Å². The highest BCUT2D eigenvalue weighted by atomic mass is 32.1. The van der Waals surface area contributed by atoms with E-state index >= 15 is 0 Å². The lowest BCUT2D eigenvalue weighted by atomic mass is 10.2. The maximum absolute atomic E-state index is 10.9. The first-order valence-corrected chi connectivity index (χ1v) is 5.94. The van der Waals surface area contributed by atoms with Gasteiger partial charge in [-0.05, 0) is 32.1 Å². The van der Waals surface area contributed by atoms with Crippen LogP contribution in [-0.4, -0.2) is 11.4 Å². The minimum Gasteiger partial charge on any atom is -0.354 e. The van der Waals surface area contributed by atoms with E-state index in [-0.39, 0.29) is 0 Å². The molecule has 0 bridgehead atoms. The Bertz CT molecular complexity index is 522. The number of thiophene rings is 1. The average molecular weight is 221 g/mol. The van der Waals surface area contributed by atoms with Crippen molar-refractivity contribution in [1.82, 2.24) is 5.16 Å². The van der Waals surface area contributed by atoms with Gasteiger partial charge in [0.1, 0.15) is 5.69 Å². The smallest absolute Gasteiger partial charge is 0.188 e. The molecule has 0 atom stereocenters. The monoisotopic (exact) mass is 221 g/mol. The van der Waals surface area contributed by atoms with Gasteiger partial charge in [0.2, 0.25) is 0 Å². The number of rotatable bonds is 3. The largest absolute Gasteiger partial charge is 0.354 e. The van der Waals surface area contributed by atoms with Crippen LogP contribution in [0, 0.1) is 12.8 Å². The Hall–Kier alpha value is -1.16. The molecule has 0 unspecified atom stereocenters. The third-order valence-corrected chi connectivity index (χ3v) is 4.04. The number of fused-ring (bicyclic) bond motifs is 1. The van der Waals surface area contributed by atoms with Gasteiger partial charge in [0.05, 0.1) is 10.3 Å². The molecule has 2 aromatic heterocycles. The Morgan fingerprint density at radius 2 is 2.40 bits per heavy atom. The molecule has 1 fully saturated rings. The van der Waals surface area contributed by atoms with Crippen molar-refractivity contribution in [2.75, 3.05) is 0 Å². The van der Waals surface area contributed by atoms with Crippen LogP contribution in [0.2, 0.25) is 0 Å². The summed E-state index contributed by atoms with van der Waals surface area (Å²) in [6.45, 7) is 1.95.